The maximum atomic E-state index is 10.7. The summed E-state index contributed by atoms with van der Waals surface area (Å²) in [6, 6.07) is 6.21. The van der Waals surface area contributed by atoms with Gasteiger partial charge in [-0.3, -0.25) is 4.55 Å². The van der Waals surface area contributed by atoms with E-state index in [1.165, 1.54) is 30.4 Å². The maximum absolute atomic E-state index is 10.7. The first-order valence-corrected chi connectivity index (χ1v) is 6.47. The molecule has 0 unspecified atom stereocenters. The number of fused-ring (bicyclic) bond motifs is 1. The van der Waals surface area contributed by atoms with E-state index in [4.69, 9.17) is 18.7 Å². The molecule has 0 spiro atoms. The van der Waals surface area contributed by atoms with Gasteiger partial charge in [-0.2, -0.15) is 21.6 Å². The fourth-order valence-electron chi connectivity index (χ4n) is 1.65. The van der Waals surface area contributed by atoms with Gasteiger partial charge < -0.3 is 5.73 Å². The zero-order valence-electron chi connectivity index (χ0n) is 9.24. The lowest BCUT2D eigenvalue weighted by Crippen LogP contribution is -2.21. The lowest BCUT2D eigenvalue weighted by atomic mass is 10.1. The molecule has 0 bridgehead atoms. The van der Waals surface area contributed by atoms with Crippen molar-refractivity contribution in [2.45, 2.75) is 24.8 Å². The Labute approximate surface area is 102 Å². The molecule has 2 rings (SSSR count). The predicted molar refractivity (Wildman–Crippen MR) is 60.5 cm³/mol. The van der Waals surface area contributed by atoms with Gasteiger partial charge in [0.15, 0.2) is 0 Å². The number of nitrogen functional groups attached to an aromatic ring is 1. The second-order valence-corrected chi connectivity index (χ2v) is 5.17. The maximum Gasteiger partial charge on any atom is 0.522 e. The molecule has 1 aromatic carbocycles. The van der Waals surface area contributed by atoms with Gasteiger partial charge in [-0.25, -0.2) is 0 Å². The van der Waals surface area contributed by atoms with E-state index in [2.05, 4.69) is 6.07 Å². The molecular weight excluding hydrogens is 271 g/mol. The molecule has 0 fully saturated rings. The molecule has 0 atom stereocenters. The Morgan fingerprint density at radius 3 is 2.22 bits per heavy atom. The largest absolute Gasteiger partial charge is 0.522 e. The van der Waals surface area contributed by atoms with E-state index in [-0.39, 0.29) is 0 Å². The van der Waals surface area contributed by atoms with Crippen molar-refractivity contribution in [2.24, 2.45) is 0 Å². The van der Waals surface area contributed by atoms with Crippen molar-refractivity contribution < 1.29 is 26.1 Å². The summed E-state index contributed by atoms with van der Waals surface area (Å²) in [5.41, 5.74) is 4.07. The van der Waals surface area contributed by atoms with Gasteiger partial charge in [-0.05, 0) is 36.5 Å². The Balaban J connectivity index is 0.000000187. The van der Waals surface area contributed by atoms with Crippen molar-refractivity contribution in [3.05, 3.63) is 29.3 Å². The number of aryl methyl sites for hydroxylation is 1. The summed E-state index contributed by atoms with van der Waals surface area (Å²) in [6.45, 7) is 0. The minimum absolute atomic E-state index is 0.981. The van der Waals surface area contributed by atoms with Gasteiger partial charge in [0.2, 0.25) is 0 Å². The van der Waals surface area contributed by atoms with Crippen molar-refractivity contribution >= 4 is 15.8 Å². The van der Waals surface area contributed by atoms with Gasteiger partial charge in [0.1, 0.15) is 0 Å². The summed E-state index contributed by atoms with van der Waals surface area (Å²) < 4.78 is 57.5. The van der Waals surface area contributed by atoms with Gasteiger partial charge in [0.25, 0.3) is 0 Å². The fraction of sp³-hybridized carbons (Fsp3) is 0.400. The van der Waals surface area contributed by atoms with Gasteiger partial charge >= 0.3 is 15.6 Å². The molecule has 0 saturated carbocycles. The fourth-order valence-corrected chi connectivity index (χ4v) is 1.65. The third kappa shape index (κ3) is 3.61. The van der Waals surface area contributed by atoms with Crippen LogP contribution in [0.2, 0.25) is 0 Å². The van der Waals surface area contributed by atoms with Crippen LogP contribution >= 0.6 is 0 Å². The molecule has 0 aliphatic heterocycles. The first kappa shape index (κ1) is 14.8. The zero-order chi connectivity index (χ0) is 14.0. The molecule has 0 saturated heterocycles. The standard InChI is InChI=1S/C9H11N.CHF3O3S/c10-9-6-2-4-7-3-1-5-8(7)9;2-1(3,4)8(5,6)7/h2,4,6H,1,3,5,10H2;(H,5,6,7). The van der Waals surface area contributed by atoms with E-state index in [0.717, 1.165) is 5.69 Å². The molecule has 0 amide bonds. The third-order valence-electron chi connectivity index (χ3n) is 2.47. The number of halogens is 3. The van der Waals surface area contributed by atoms with E-state index in [9.17, 15) is 13.2 Å². The molecule has 18 heavy (non-hydrogen) atoms. The summed E-state index contributed by atoms with van der Waals surface area (Å²) in [4.78, 5) is 0. The van der Waals surface area contributed by atoms with Crippen LogP contribution in [0.1, 0.15) is 17.5 Å². The summed E-state index contributed by atoms with van der Waals surface area (Å²) >= 11 is 0. The second-order valence-electron chi connectivity index (χ2n) is 3.76. The van der Waals surface area contributed by atoms with E-state index < -0.39 is 15.6 Å². The number of benzene rings is 1. The third-order valence-corrected chi connectivity index (χ3v) is 3.06. The van der Waals surface area contributed by atoms with E-state index in [1.807, 2.05) is 12.1 Å². The van der Waals surface area contributed by atoms with Gasteiger partial charge in [-0.15, -0.1) is 0 Å². The first-order chi connectivity index (χ1) is 8.13. The number of hydrogen-bond acceptors (Lipinski definition) is 3. The lowest BCUT2D eigenvalue weighted by molar-refractivity contribution is -0.0510. The summed E-state index contributed by atoms with van der Waals surface area (Å²) in [7, 11) is -5.84. The Hall–Kier alpha value is -1.28. The van der Waals surface area contributed by atoms with Crippen LogP contribution in [0.25, 0.3) is 0 Å². The molecule has 1 aliphatic rings. The average Bonchev–Trinajstić information content (AvgIpc) is 2.64. The van der Waals surface area contributed by atoms with Crippen molar-refractivity contribution in [3.8, 4) is 0 Å². The zero-order valence-corrected chi connectivity index (χ0v) is 10.1. The highest BCUT2D eigenvalue weighted by atomic mass is 32.2. The molecule has 0 heterocycles. The van der Waals surface area contributed by atoms with Gasteiger partial charge in [0.05, 0.1) is 0 Å². The highest BCUT2D eigenvalue weighted by molar-refractivity contribution is 7.86. The average molecular weight is 283 g/mol. The van der Waals surface area contributed by atoms with Gasteiger partial charge in [0, 0.05) is 5.69 Å². The SMILES string of the molecule is Nc1cccc2c1CCC2.O=S(=O)(O)C(F)(F)F. The molecular formula is C10H12F3NO3S. The van der Waals surface area contributed by atoms with Crippen LogP contribution in [-0.2, 0) is 23.0 Å². The monoisotopic (exact) mass is 283 g/mol. The van der Waals surface area contributed by atoms with Crippen LogP contribution in [0, 0.1) is 0 Å². The van der Waals surface area contributed by atoms with Crippen LogP contribution < -0.4 is 5.73 Å². The molecule has 3 N–H and O–H groups in total. The van der Waals surface area contributed by atoms with Crippen LogP contribution in [0.4, 0.5) is 18.9 Å². The highest BCUT2D eigenvalue weighted by Gasteiger charge is 2.44. The number of nitrogens with two attached hydrogens (primary N) is 1. The minimum Gasteiger partial charge on any atom is -0.398 e. The molecule has 102 valence electrons. The number of alkyl halides is 3. The minimum atomic E-state index is -5.84. The molecule has 8 heteroatoms. The van der Waals surface area contributed by atoms with Crippen molar-refractivity contribution in [3.63, 3.8) is 0 Å². The quantitative estimate of drug-likeness (QED) is 0.434. The molecule has 0 aromatic heterocycles. The summed E-state index contributed by atoms with van der Waals surface area (Å²) in [6.07, 6.45) is 3.69. The van der Waals surface area contributed by atoms with Crippen LogP contribution in [0.15, 0.2) is 18.2 Å². The smallest absolute Gasteiger partial charge is 0.398 e. The van der Waals surface area contributed by atoms with Crippen molar-refractivity contribution in [1.82, 2.24) is 0 Å². The van der Waals surface area contributed by atoms with E-state index >= 15 is 0 Å². The molecule has 0 radical (unpaired) electrons. The Bertz CT molecular complexity index is 526. The molecule has 1 aromatic rings. The number of hydrogen-bond donors (Lipinski definition) is 2. The Morgan fingerprint density at radius 1 is 1.22 bits per heavy atom. The molecule has 4 nitrogen and oxygen atoms in total. The van der Waals surface area contributed by atoms with Crippen molar-refractivity contribution in [2.75, 3.05) is 5.73 Å². The van der Waals surface area contributed by atoms with E-state index in [1.54, 1.807) is 0 Å². The Kier molecular flexibility index (Phi) is 4.23. The highest BCUT2D eigenvalue weighted by Crippen LogP contribution is 2.26. The van der Waals surface area contributed by atoms with Crippen LogP contribution in [0.3, 0.4) is 0 Å². The normalized spacial score (nSPS) is 14.7. The predicted octanol–water partition coefficient (Wildman–Crippen LogP) is 2.15. The van der Waals surface area contributed by atoms with Gasteiger partial charge in [-0.1, -0.05) is 12.1 Å². The van der Waals surface area contributed by atoms with Crippen LogP contribution in [0.5, 0.6) is 0 Å². The van der Waals surface area contributed by atoms with Crippen LogP contribution in [-0.4, -0.2) is 18.5 Å². The van der Waals surface area contributed by atoms with Crippen molar-refractivity contribution in [1.29, 1.82) is 0 Å². The number of anilines is 1. The summed E-state index contributed by atoms with van der Waals surface area (Å²) in [5.74, 6) is 0. The second kappa shape index (κ2) is 5.15. The number of rotatable bonds is 0. The lowest BCUT2D eigenvalue weighted by Gasteiger charge is -2.00. The molecule has 1 aliphatic carbocycles. The topological polar surface area (TPSA) is 80.4 Å². The Morgan fingerprint density at radius 2 is 1.78 bits per heavy atom. The van der Waals surface area contributed by atoms with E-state index in [0.29, 0.717) is 0 Å². The summed E-state index contributed by atoms with van der Waals surface area (Å²) in [5, 5.41) is 0. The first-order valence-electron chi connectivity index (χ1n) is 5.03.